The first-order valence-corrected chi connectivity index (χ1v) is 16.3. The zero-order valence-corrected chi connectivity index (χ0v) is 27.1. The van der Waals surface area contributed by atoms with Gasteiger partial charge in [-0.05, 0) is 70.2 Å². The van der Waals surface area contributed by atoms with E-state index in [4.69, 9.17) is 25.9 Å². The quantitative estimate of drug-likeness (QED) is 0.355. The lowest BCUT2D eigenvalue weighted by Crippen LogP contribution is -2.56. The Balaban J connectivity index is 1.32. The summed E-state index contributed by atoms with van der Waals surface area (Å²) in [6.07, 6.45) is 9.39. The van der Waals surface area contributed by atoms with Gasteiger partial charge in [0.15, 0.2) is 0 Å². The third kappa shape index (κ3) is 6.42. The highest BCUT2D eigenvalue weighted by molar-refractivity contribution is 6.32. The van der Waals surface area contributed by atoms with Crippen LogP contribution in [0.2, 0.25) is 5.02 Å². The van der Waals surface area contributed by atoms with Gasteiger partial charge in [-0.2, -0.15) is 0 Å². The molecule has 0 aromatic heterocycles. The van der Waals surface area contributed by atoms with Crippen LogP contribution in [0.25, 0.3) is 5.70 Å². The topological polar surface area (TPSA) is 156 Å². The van der Waals surface area contributed by atoms with Crippen molar-refractivity contribution in [2.75, 3.05) is 13.2 Å². The zero-order chi connectivity index (χ0) is 32.9. The van der Waals surface area contributed by atoms with Crippen LogP contribution in [0.4, 0.5) is 4.79 Å². The number of carbonyl (C=O) groups is 4. The van der Waals surface area contributed by atoms with Crippen molar-refractivity contribution in [1.29, 1.82) is 0 Å². The molecule has 3 amide bonds. The van der Waals surface area contributed by atoms with Crippen LogP contribution in [0.5, 0.6) is 5.75 Å². The van der Waals surface area contributed by atoms with Gasteiger partial charge in [-0.15, -0.1) is 0 Å². The predicted molar refractivity (Wildman–Crippen MR) is 168 cm³/mol. The van der Waals surface area contributed by atoms with Gasteiger partial charge in [0.1, 0.15) is 34.6 Å². The number of rotatable bonds is 3. The Hall–Kier alpha value is -3.77. The summed E-state index contributed by atoms with van der Waals surface area (Å²) in [6.45, 7) is 5.76. The van der Waals surface area contributed by atoms with E-state index in [-0.39, 0.29) is 25.3 Å². The van der Waals surface area contributed by atoms with Crippen molar-refractivity contribution in [2.24, 2.45) is 5.92 Å². The largest absolute Gasteiger partial charge is 0.491 e. The van der Waals surface area contributed by atoms with Crippen molar-refractivity contribution >= 4 is 41.2 Å². The van der Waals surface area contributed by atoms with Crippen LogP contribution in [0, 0.1) is 5.92 Å². The molecule has 5 aliphatic rings. The molecule has 1 spiro atoms. The van der Waals surface area contributed by atoms with Crippen LogP contribution in [-0.2, 0) is 30.4 Å². The van der Waals surface area contributed by atoms with Crippen LogP contribution in [0.1, 0.15) is 76.8 Å². The van der Waals surface area contributed by atoms with E-state index >= 15 is 0 Å². The average molecular weight is 657 g/mol. The molecule has 1 aromatic carbocycles. The molecule has 2 fully saturated rings. The number of carboxylic acids is 1. The third-order valence-electron chi connectivity index (χ3n) is 9.22. The Bertz CT molecular complexity index is 1500. The number of hydrogen-bond acceptors (Lipinski definition) is 8. The van der Waals surface area contributed by atoms with E-state index in [1.165, 1.54) is 4.90 Å². The molecule has 5 atom stereocenters. The number of carbonyl (C=O) groups excluding carboxylic acids is 3. The predicted octanol–water partition coefficient (Wildman–Crippen LogP) is 3.86. The van der Waals surface area contributed by atoms with Gasteiger partial charge in [-0.1, -0.05) is 36.6 Å². The summed E-state index contributed by atoms with van der Waals surface area (Å²) < 4.78 is 11.1. The van der Waals surface area contributed by atoms with Gasteiger partial charge in [0.2, 0.25) is 11.8 Å². The van der Waals surface area contributed by atoms with Crippen molar-refractivity contribution in [3.63, 3.8) is 0 Å². The number of ether oxygens (including phenoxy) is 2. The normalized spacial score (nSPS) is 30.9. The summed E-state index contributed by atoms with van der Waals surface area (Å²) in [7, 11) is 0. The Morgan fingerprint density at radius 2 is 1.98 bits per heavy atom. The highest BCUT2D eigenvalue weighted by atomic mass is 35.5. The number of hydroxylamine groups is 1. The lowest BCUT2D eigenvalue weighted by Gasteiger charge is -2.30. The average Bonchev–Trinajstić information content (AvgIpc) is 3.34. The van der Waals surface area contributed by atoms with Crippen molar-refractivity contribution in [3.8, 4) is 5.75 Å². The second-order valence-corrected chi connectivity index (χ2v) is 14.3. The number of fused-ring (bicyclic) bond motifs is 3. The van der Waals surface area contributed by atoms with Crippen molar-refractivity contribution in [3.05, 3.63) is 46.5 Å². The maximum absolute atomic E-state index is 14.3. The molecule has 4 heterocycles. The van der Waals surface area contributed by atoms with E-state index in [2.05, 4.69) is 16.1 Å². The number of halogens is 1. The number of aliphatic carboxylic acids is 1. The van der Waals surface area contributed by atoms with Crippen LogP contribution in [0.15, 0.2) is 30.4 Å². The van der Waals surface area contributed by atoms with Crippen molar-refractivity contribution < 1.29 is 38.6 Å². The molecule has 6 rings (SSSR count). The molecule has 4 N–H and O–H groups in total. The highest BCUT2D eigenvalue weighted by Crippen LogP contribution is 2.46. The van der Waals surface area contributed by atoms with Gasteiger partial charge < -0.3 is 30.1 Å². The van der Waals surface area contributed by atoms with Crippen LogP contribution in [-0.4, -0.2) is 75.9 Å². The Morgan fingerprint density at radius 3 is 2.74 bits per heavy atom. The molecule has 0 bridgehead atoms. The van der Waals surface area contributed by atoms with Gasteiger partial charge in [-0.25, -0.2) is 9.59 Å². The molecule has 4 aliphatic heterocycles. The summed E-state index contributed by atoms with van der Waals surface area (Å²) in [5.74, 6) is -1.84. The number of carboxylic acid groups (broad SMARTS) is 1. The van der Waals surface area contributed by atoms with E-state index in [1.54, 1.807) is 26.8 Å². The van der Waals surface area contributed by atoms with Gasteiger partial charge in [0.25, 0.3) is 0 Å². The number of nitrogens with one attached hydrogen (secondary N) is 3. The standard InChI is InChI=1S/C33H41ClN4O8/c1-31(2,3)45-30(43)35-23-10-8-6-4-5-7-9-21-15-33(21,29(41)42)36-27(39)25-17-32(18-38(25)28(23)40)16-24(37-46-32)20-13-19-11-12-44-26(19)22(34)14-20/h7,9,13-14,16,21,23,25,37H,4-6,8,10-12,15,17-18H2,1-3H3,(H,35,43)(H,36,39)(H,41,42)/t21-,23+,25+,32-,33-/m1/s1. The molecule has 13 heteroatoms. The van der Waals surface area contributed by atoms with Crippen molar-refractivity contribution in [2.45, 2.75) is 101 Å². The first-order chi connectivity index (χ1) is 21.8. The number of benzene rings is 1. The molecule has 248 valence electrons. The van der Waals surface area contributed by atoms with Gasteiger partial charge in [0.05, 0.1) is 23.9 Å². The highest BCUT2D eigenvalue weighted by Gasteiger charge is 2.62. The van der Waals surface area contributed by atoms with Crippen LogP contribution < -0.4 is 20.9 Å². The second kappa shape index (κ2) is 12.1. The van der Waals surface area contributed by atoms with Crippen LogP contribution >= 0.6 is 11.6 Å². The zero-order valence-electron chi connectivity index (χ0n) is 26.3. The van der Waals surface area contributed by atoms with E-state index < -0.39 is 52.7 Å². The second-order valence-electron chi connectivity index (χ2n) is 13.9. The number of alkyl carbamates (subject to hydrolysis) is 1. The van der Waals surface area contributed by atoms with Gasteiger partial charge >= 0.3 is 12.1 Å². The molecule has 12 nitrogen and oxygen atoms in total. The minimum absolute atomic E-state index is 0.00188. The summed E-state index contributed by atoms with van der Waals surface area (Å²) in [5, 5.41) is 16.1. The lowest BCUT2D eigenvalue weighted by atomic mass is 9.97. The van der Waals surface area contributed by atoms with E-state index in [1.807, 2.05) is 24.3 Å². The molecule has 1 aliphatic carbocycles. The molecule has 46 heavy (non-hydrogen) atoms. The third-order valence-corrected chi connectivity index (χ3v) is 9.50. The fourth-order valence-electron chi connectivity index (χ4n) is 6.80. The summed E-state index contributed by atoms with van der Waals surface area (Å²) in [5.41, 5.74) is 2.03. The Morgan fingerprint density at radius 1 is 1.17 bits per heavy atom. The molecule has 1 saturated carbocycles. The minimum atomic E-state index is -1.44. The number of allylic oxidation sites excluding steroid dienone is 1. The molecule has 0 radical (unpaired) electrons. The maximum atomic E-state index is 14.3. The first-order valence-electron chi connectivity index (χ1n) is 15.9. The Kier molecular flexibility index (Phi) is 8.47. The summed E-state index contributed by atoms with van der Waals surface area (Å²) >= 11 is 6.50. The van der Waals surface area contributed by atoms with Gasteiger partial charge in [-0.3, -0.25) is 19.9 Å². The fraction of sp³-hybridized carbons (Fsp3) is 0.576. The summed E-state index contributed by atoms with van der Waals surface area (Å²) in [6, 6.07) is 1.73. The fourth-order valence-corrected chi connectivity index (χ4v) is 7.10. The van der Waals surface area contributed by atoms with Crippen molar-refractivity contribution in [1.82, 2.24) is 21.0 Å². The molecule has 0 unspecified atom stereocenters. The lowest BCUT2D eigenvalue weighted by molar-refractivity contribution is -0.145. The van der Waals surface area contributed by atoms with E-state index in [9.17, 15) is 24.3 Å². The molecule has 1 aromatic rings. The smallest absolute Gasteiger partial charge is 0.408 e. The van der Waals surface area contributed by atoms with Crippen LogP contribution in [0.3, 0.4) is 0 Å². The maximum Gasteiger partial charge on any atom is 0.408 e. The monoisotopic (exact) mass is 656 g/mol. The molecular formula is C33H41ClN4O8. The molecular weight excluding hydrogens is 616 g/mol. The van der Waals surface area contributed by atoms with E-state index in [0.717, 1.165) is 36.8 Å². The SMILES string of the molecule is CC(C)(C)OC(=O)N[C@H]1CCCCCC=C[C@@H]2C[C@@]2(C(=O)O)NC(=O)[C@@H]2C[C@]3(C=C(c4cc(Cl)c5c(c4)CCO5)NO3)CN2C1=O. The number of nitrogens with zero attached hydrogens (tertiary/aromatic N) is 1. The first kappa shape index (κ1) is 32.2. The number of amides is 3. The molecule has 1 saturated heterocycles. The summed E-state index contributed by atoms with van der Waals surface area (Å²) in [4.78, 5) is 61.1. The Labute approximate surface area is 272 Å². The van der Waals surface area contributed by atoms with Gasteiger partial charge in [0, 0.05) is 24.3 Å². The number of hydrogen-bond donors (Lipinski definition) is 4. The minimum Gasteiger partial charge on any atom is -0.491 e. The van der Waals surface area contributed by atoms with E-state index in [0.29, 0.717) is 35.9 Å².